The third-order valence-electron chi connectivity index (χ3n) is 6.79. The topological polar surface area (TPSA) is 42.3 Å². The fourth-order valence-corrected chi connectivity index (χ4v) is 4.87. The molecule has 1 atom stereocenters. The zero-order valence-corrected chi connectivity index (χ0v) is 20.0. The van der Waals surface area contributed by atoms with E-state index in [2.05, 4.69) is 23.3 Å². The number of nitriles is 1. The van der Waals surface area contributed by atoms with Gasteiger partial charge in [-0.05, 0) is 55.7 Å². The summed E-state index contributed by atoms with van der Waals surface area (Å²) < 4.78 is 29.8. The van der Waals surface area contributed by atoms with Gasteiger partial charge in [-0.25, -0.2) is 14.2 Å². The van der Waals surface area contributed by atoms with E-state index in [4.69, 9.17) is 5.26 Å². The molecule has 1 saturated heterocycles. The summed E-state index contributed by atoms with van der Waals surface area (Å²) in [7, 11) is 0. The molecule has 1 N–H and O–H groups in total. The monoisotopic (exact) mass is 464 g/mol. The molecule has 2 aromatic rings. The number of hydrogen-bond donors (Lipinski definition) is 1. The molecular weight excluding hydrogens is 430 g/mol. The third kappa shape index (κ3) is 5.59. The first kappa shape index (κ1) is 24.2. The van der Waals surface area contributed by atoms with Gasteiger partial charge in [-0.15, -0.1) is 0 Å². The number of benzene rings is 2. The van der Waals surface area contributed by atoms with Crippen LogP contribution < -0.4 is 15.3 Å². The average molecular weight is 465 g/mol. The molecule has 34 heavy (non-hydrogen) atoms. The summed E-state index contributed by atoms with van der Waals surface area (Å²) in [6.45, 7) is 4.12. The maximum atomic E-state index is 15.3. The molecule has 1 fully saturated rings. The molecule has 0 amide bonds. The van der Waals surface area contributed by atoms with Crippen LogP contribution in [0.2, 0.25) is 0 Å². The van der Waals surface area contributed by atoms with E-state index >= 15 is 4.39 Å². The minimum Gasteiger partial charge on any atom is -0.371 e. The molecule has 2 aliphatic rings. The minimum atomic E-state index is -0.565. The van der Waals surface area contributed by atoms with Crippen molar-refractivity contribution in [2.24, 2.45) is 0 Å². The van der Waals surface area contributed by atoms with Crippen LogP contribution in [0.4, 0.5) is 20.2 Å². The number of halogens is 2. The molecule has 1 unspecified atom stereocenters. The van der Waals surface area contributed by atoms with E-state index in [-0.39, 0.29) is 17.4 Å². The Bertz CT molecular complexity index is 1050. The summed E-state index contributed by atoms with van der Waals surface area (Å²) in [4.78, 5) is 2.21. The maximum Gasteiger partial charge on any atom is 0.150 e. The van der Waals surface area contributed by atoms with Gasteiger partial charge in [0.05, 0.1) is 16.9 Å². The molecule has 0 aromatic heterocycles. The van der Waals surface area contributed by atoms with E-state index in [9.17, 15) is 4.39 Å². The molecule has 2 aromatic carbocycles. The normalized spacial score (nSPS) is 17.8. The Morgan fingerprint density at radius 1 is 0.971 bits per heavy atom. The molecule has 0 saturated carbocycles. The minimum absolute atomic E-state index is 0.00614. The lowest BCUT2D eigenvalue weighted by Crippen LogP contribution is -2.37. The first-order chi connectivity index (χ1) is 16.6. The number of nitrogens with zero attached hydrogens (tertiary/aromatic N) is 3. The number of rotatable bonds is 10. The Hall–Kier alpha value is -2.91. The van der Waals surface area contributed by atoms with Gasteiger partial charge in [0.2, 0.25) is 0 Å². The molecule has 0 aliphatic carbocycles. The lowest BCUT2D eigenvalue weighted by molar-refractivity contribution is 0.525. The van der Waals surface area contributed by atoms with E-state index in [1.54, 1.807) is 23.2 Å². The fraction of sp³-hybridized carbons (Fsp3) is 0.464. The molecule has 4 rings (SSSR count). The zero-order valence-electron chi connectivity index (χ0n) is 20.0. The van der Waals surface area contributed by atoms with Gasteiger partial charge in [0.25, 0.3) is 0 Å². The Balaban J connectivity index is 1.55. The zero-order chi connectivity index (χ0) is 23.9. The molecule has 0 radical (unpaired) electrons. The summed E-state index contributed by atoms with van der Waals surface area (Å²) >= 11 is 0. The third-order valence-corrected chi connectivity index (χ3v) is 6.79. The summed E-state index contributed by atoms with van der Waals surface area (Å²) in [5, 5.41) is 10.8. The fourth-order valence-electron chi connectivity index (χ4n) is 4.87. The van der Waals surface area contributed by atoms with Crippen LogP contribution in [0.15, 0.2) is 42.5 Å². The Labute approximate surface area is 201 Å². The molecule has 2 heterocycles. The lowest BCUT2D eigenvalue weighted by Gasteiger charge is -2.26. The van der Waals surface area contributed by atoms with Gasteiger partial charge >= 0.3 is 0 Å². The first-order valence-corrected chi connectivity index (χ1v) is 12.6. The lowest BCUT2D eigenvalue weighted by atomic mass is 10.0. The van der Waals surface area contributed by atoms with E-state index in [1.807, 2.05) is 12.1 Å². The average Bonchev–Trinajstić information content (AvgIpc) is 3.52. The highest BCUT2D eigenvalue weighted by Gasteiger charge is 2.28. The second-order valence-electron chi connectivity index (χ2n) is 9.32. The van der Waals surface area contributed by atoms with Gasteiger partial charge in [-0.3, -0.25) is 5.01 Å². The standard InChI is InChI=1S/C28H34F2N4/c1-2-3-4-5-6-7-10-23-18-28(21-11-12-22(20-31)25(29)17-21)34(32-23)27-14-13-24(19-26(27)30)33-15-8-9-16-33/h11-14,17-19,23,32H,2-10,15-16H2,1H3. The van der Waals surface area contributed by atoms with Gasteiger partial charge in [-0.2, -0.15) is 5.26 Å². The molecule has 6 heteroatoms. The van der Waals surface area contributed by atoms with Crippen LogP contribution in [0, 0.1) is 23.0 Å². The smallest absolute Gasteiger partial charge is 0.150 e. The van der Waals surface area contributed by atoms with Crippen LogP contribution in [0.3, 0.4) is 0 Å². The summed E-state index contributed by atoms with van der Waals surface area (Å²) in [5.74, 6) is -0.873. The van der Waals surface area contributed by atoms with Crippen LogP contribution >= 0.6 is 0 Å². The highest BCUT2D eigenvalue weighted by atomic mass is 19.1. The van der Waals surface area contributed by atoms with Crippen molar-refractivity contribution in [2.75, 3.05) is 23.0 Å². The summed E-state index contributed by atoms with van der Waals surface area (Å²) in [6.07, 6.45) is 12.5. The first-order valence-electron chi connectivity index (χ1n) is 12.6. The second-order valence-corrected chi connectivity index (χ2v) is 9.32. The van der Waals surface area contributed by atoms with Crippen LogP contribution in [-0.2, 0) is 0 Å². The van der Waals surface area contributed by atoms with E-state index < -0.39 is 5.82 Å². The SMILES string of the molecule is CCCCCCCCC1C=C(c2ccc(C#N)c(F)c2)N(c2ccc(N3CCCC3)cc2F)N1. The quantitative estimate of drug-likeness (QED) is 0.388. The number of unbranched alkanes of at least 4 members (excludes halogenated alkanes) is 5. The van der Waals surface area contributed by atoms with E-state index in [1.165, 1.54) is 44.2 Å². The molecule has 180 valence electrons. The highest BCUT2D eigenvalue weighted by molar-refractivity contribution is 5.82. The predicted octanol–water partition coefficient (Wildman–Crippen LogP) is 6.92. The van der Waals surface area contributed by atoms with Gasteiger partial charge in [0.1, 0.15) is 17.7 Å². The molecule has 0 spiro atoms. The number of hydrazine groups is 1. The van der Waals surface area contributed by atoms with Crippen molar-refractivity contribution >= 4 is 17.1 Å². The van der Waals surface area contributed by atoms with Crippen molar-refractivity contribution in [1.29, 1.82) is 5.26 Å². The summed E-state index contributed by atoms with van der Waals surface area (Å²) in [6, 6.07) is 11.8. The van der Waals surface area contributed by atoms with Crippen molar-refractivity contribution in [1.82, 2.24) is 5.43 Å². The largest absolute Gasteiger partial charge is 0.371 e. The van der Waals surface area contributed by atoms with E-state index in [0.717, 1.165) is 44.5 Å². The predicted molar refractivity (Wildman–Crippen MR) is 134 cm³/mol. The van der Waals surface area contributed by atoms with Crippen LogP contribution in [0.1, 0.15) is 75.8 Å². The van der Waals surface area contributed by atoms with E-state index in [0.29, 0.717) is 16.9 Å². The number of nitrogens with one attached hydrogen (secondary N) is 1. The van der Waals surface area contributed by atoms with Gasteiger partial charge in [-0.1, -0.05) is 51.5 Å². The van der Waals surface area contributed by atoms with Crippen molar-refractivity contribution in [3.8, 4) is 6.07 Å². The number of hydrogen-bond acceptors (Lipinski definition) is 4. The van der Waals surface area contributed by atoms with Gasteiger partial charge in [0.15, 0.2) is 0 Å². The molecular formula is C28H34F2N4. The van der Waals surface area contributed by atoms with Crippen LogP contribution in [0.25, 0.3) is 5.70 Å². The molecule has 0 bridgehead atoms. The van der Waals surface area contributed by atoms with Crippen molar-refractivity contribution in [2.45, 2.75) is 70.8 Å². The van der Waals surface area contributed by atoms with Crippen molar-refractivity contribution < 1.29 is 8.78 Å². The van der Waals surface area contributed by atoms with Crippen molar-refractivity contribution in [3.05, 3.63) is 65.2 Å². The second kappa shape index (κ2) is 11.5. The van der Waals surface area contributed by atoms with Crippen LogP contribution in [-0.4, -0.2) is 19.1 Å². The molecule has 4 nitrogen and oxygen atoms in total. The Morgan fingerprint density at radius 2 is 1.74 bits per heavy atom. The Morgan fingerprint density at radius 3 is 2.44 bits per heavy atom. The van der Waals surface area contributed by atoms with Gasteiger partial charge in [0, 0.05) is 30.4 Å². The maximum absolute atomic E-state index is 15.3. The molecule has 2 aliphatic heterocycles. The highest BCUT2D eigenvalue weighted by Crippen LogP contribution is 2.35. The van der Waals surface area contributed by atoms with Gasteiger partial charge < -0.3 is 4.90 Å². The number of anilines is 2. The van der Waals surface area contributed by atoms with Crippen molar-refractivity contribution in [3.63, 3.8) is 0 Å². The summed E-state index contributed by atoms with van der Waals surface area (Å²) in [5.41, 5.74) is 6.10. The van der Waals surface area contributed by atoms with Crippen LogP contribution in [0.5, 0.6) is 0 Å². The Kier molecular flexibility index (Phi) is 8.18.